The van der Waals surface area contributed by atoms with Gasteiger partial charge in [-0.3, -0.25) is 13.9 Å². The smallest absolute Gasteiger partial charge is 0.303 e. The maximum atomic E-state index is 13.0. The Morgan fingerprint density at radius 3 is 2.48 bits per heavy atom. The van der Waals surface area contributed by atoms with Crippen molar-refractivity contribution in [3.8, 4) is 0 Å². The van der Waals surface area contributed by atoms with Gasteiger partial charge in [0.05, 0.1) is 10.6 Å². The zero-order valence-corrected chi connectivity index (χ0v) is 18.3. The Hall–Kier alpha value is -3.30. The van der Waals surface area contributed by atoms with E-state index in [2.05, 4.69) is 9.97 Å². The molecule has 0 aliphatic heterocycles. The predicted molar refractivity (Wildman–Crippen MR) is 121 cm³/mol. The van der Waals surface area contributed by atoms with E-state index in [9.17, 15) is 18.0 Å². The molecule has 162 valence electrons. The lowest BCUT2D eigenvalue weighted by Gasteiger charge is -2.20. The third kappa shape index (κ3) is 4.57. The summed E-state index contributed by atoms with van der Waals surface area (Å²) in [4.78, 5) is 27.2. The number of nitrogens with one attached hydrogen (secondary N) is 2. The number of aromatic amines is 2. The van der Waals surface area contributed by atoms with Crippen molar-refractivity contribution in [1.29, 1.82) is 0 Å². The molecule has 0 bridgehead atoms. The summed E-state index contributed by atoms with van der Waals surface area (Å²) >= 11 is 5.97. The molecule has 4 rings (SSSR count). The van der Waals surface area contributed by atoms with E-state index in [1.807, 2.05) is 0 Å². The number of hydrogen-bond donors (Lipinski definition) is 3. The Labute approximate surface area is 183 Å². The zero-order valence-electron chi connectivity index (χ0n) is 16.7. The summed E-state index contributed by atoms with van der Waals surface area (Å²) in [5.74, 6) is -0.745. The number of halogens is 1. The molecule has 31 heavy (non-hydrogen) atoms. The number of pyridine rings is 1. The van der Waals surface area contributed by atoms with Gasteiger partial charge in [0.15, 0.2) is 0 Å². The summed E-state index contributed by atoms with van der Waals surface area (Å²) in [5.41, 5.74) is 1.21. The fourth-order valence-corrected chi connectivity index (χ4v) is 4.35. The van der Waals surface area contributed by atoms with Gasteiger partial charge in [0.2, 0.25) is 0 Å². The summed E-state index contributed by atoms with van der Waals surface area (Å²) < 4.78 is 27.2. The van der Waals surface area contributed by atoms with Gasteiger partial charge in [-0.05, 0) is 42.5 Å². The molecule has 8 nitrogen and oxygen atoms in total. The number of fused-ring (bicyclic) bond motifs is 3. The topological polar surface area (TPSA) is 123 Å². The van der Waals surface area contributed by atoms with Crippen LogP contribution < -0.4 is 9.86 Å². The number of carboxylic acid groups (broad SMARTS) is 1. The lowest BCUT2D eigenvalue weighted by molar-refractivity contribution is -0.136. The van der Waals surface area contributed by atoms with Crippen molar-refractivity contribution < 1.29 is 18.3 Å². The molecule has 2 aromatic heterocycles. The van der Waals surface area contributed by atoms with Crippen LogP contribution in [-0.4, -0.2) is 36.5 Å². The maximum Gasteiger partial charge on any atom is 0.303 e. The Kier molecular flexibility index (Phi) is 6.37. The molecule has 10 heteroatoms. The third-order valence-electron chi connectivity index (χ3n) is 4.64. The molecule has 0 saturated heterocycles. The van der Waals surface area contributed by atoms with Crippen molar-refractivity contribution in [2.24, 2.45) is 0 Å². The number of carbonyl (C=O) groups is 1. The summed E-state index contributed by atoms with van der Waals surface area (Å²) in [6.07, 6.45) is 1.87. The van der Waals surface area contributed by atoms with Crippen molar-refractivity contribution in [3.63, 3.8) is 0 Å². The van der Waals surface area contributed by atoms with E-state index in [1.54, 1.807) is 55.6 Å². The molecule has 0 aliphatic rings. The molecule has 2 aromatic carbocycles. The molecule has 0 spiro atoms. The molecule has 0 fully saturated rings. The average Bonchev–Trinajstić information content (AvgIpc) is 3.24. The largest absolute Gasteiger partial charge is 0.481 e. The lowest BCUT2D eigenvalue weighted by atomic mass is 10.1. The highest BCUT2D eigenvalue weighted by atomic mass is 35.5. The highest BCUT2D eigenvalue weighted by molar-refractivity contribution is 7.92. The van der Waals surface area contributed by atoms with Crippen molar-refractivity contribution in [2.45, 2.75) is 18.2 Å². The number of anilines is 1. The highest BCUT2D eigenvalue weighted by Crippen LogP contribution is 2.28. The number of aliphatic carboxylic acids is 1. The first-order valence-electron chi connectivity index (χ1n) is 9.24. The van der Waals surface area contributed by atoms with E-state index in [4.69, 9.17) is 16.7 Å². The number of benzene rings is 2. The fraction of sp³-hybridized carbons (Fsp3) is 0.143. The molecule has 0 saturated carbocycles. The summed E-state index contributed by atoms with van der Waals surface area (Å²) in [5, 5.41) is 9.50. The van der Waals surface area contributed by atoms with Crippen molar-refractivity contribution >= 4 is 55.1 Å². The first-order valence-corrected chi connectivity index (χ1v) is 11.1. The molecule has 0 atom stereocenters. The zero-order chi connectivity index (χ0) is 22.8. The van der Waals surface area contributed by atoms with Crippen molar-refractivity contribution in [3.05, 3.63) is 70.1 Å². The molecular weight excluding hydrogens is 442 g/mol. The average molecular weight is 462 g/mol. The van der Waals surface area contributed by atoms with Gasteiger partial charge in [-0.1, -0.05) is 24.6 Å². The Bertz CT molecular complexity index is 1430. The number of hydrogen-bond acceptors (Lipinski definition) is 4. The van der Waals surface area contributed by atoms with E-state index in [0.717, 1.165) is 0 Å². The van der Waals surface area contributed by atoms with Gasteiger partial charge in [0, 0.05) is 41.0 Å². The van der Waals surface area contributed by atoms with Crippen LogP contribution in [0.15, 0.2) is 64.4 Å². The number of sulfonamides is 1. The standard InChI is InChI=1S/C18H14ClN3O3S.C3H6O2/c1-22(12-4-2-3-11(19)9-12)26(24,25)13-5-6-16-15(10-13)14-7-8-20-17(14)18(23)21-16;1-2-3(4)5/h2-10,20H,1H3,(H,21,23);2H2,1H3,(H,4,5). The quantitative estimate of drug-likeness (QED) is 0.424. The lowest BCUT2D eigenvalue weighted by Crippen LogP contribution is -2.26. The second-order valence-corrected chi connectivity index (χ2v) is 9.03. The van der Waals surface area contributed by atoms with Gasteiger partial charge in [-0.15, -0.1) is 0 Å². The summed E-state index contributed by atoms with van der Waals surface area (Å²) in [6, 6.07) is 13.0. The molecule has 3 N–H and O–H groups in total. The van der Waals surface area contributed by atoms with Gasteiger partial charge in [-0.2, -0.15) is 0 Å². The van der Waals surface area contributed by atoms with Gasteiger partial charge in [0.25, 0.3) is 15.6 Å². The number of H-pyrrole nitrogens is 2. The Morgan fingerprint density at radius 1 is 1.13 bits per heavy atom. The van der Waals surface area contributed by atoms with Crippen molar-refractivity contribution in [1.82, 2.24) is 9.97 Å². The van der Waals surface area contributed by atoms with Crippen LogP contribution in [0.3, 0.4) is 0 Å². The second-order valence-electron chi connectivity index (χ2n) is 6.63. The molecule has 0 aliphatic carbocycles. The molecule has 0 radical (unpaired) electrons. The van der Waals surface area contributed by atoms with Gasteiger partial charge < -0.3 is 15.1 Å². The van der Waals surface area contributed by atoms with Crippen LogP contribution in [0.5, 0.6) is 0 Å². The monoisotopic (exact) mass is 461 g/mol. The molecule has 0 unspecified atom stereocenters. The number of nitrogens with zero attached hydrogens (tertiary/aromatic N) is 1. The van der Waals surface area contributed by atoms with Gasteiger partial charge in [-0.25, -0.2) is 8.42 Å². The molecule has 0 amide bonds. The fourth-order valence-electron chi connectivity index (χ4n) is 2.95. The van der Waals surface area contributed by atoms with E-state index >= 15 is 0 Å². The minimum atomic E-state index is -3.79. The first-order chi connectivity index (χ1) is 14.6. The minimum Gasteiger partial charge on any atom is -0.481 e. The third-order valence-corrected chi connectivity index (χ3v) is 6.65. The SMILES string of the molecule is CCC(=O)O.CN(c1cccc(Cl)c1)S(=O)(=O)c1ccc2[nH]c(=O)c3[nH]ccc3c2c1. The maximum absolute atomic E-state index is 13.0. The Balaban J connectivity index is 0.000000491. The number of rotatable bonds is 4. The first kappa shape index (κ1) is 22.4. The van der Waals surface area contributed by atoms with Crippen LogP contribution in [0.2, 0.25) is 5.02 Å². The number of aromatic nitrogens is 2. The van der Waals surface area contributed by atoms with Crippen LogP contribution >= 0.6 is 11.6 Å². The van der Waals surface area contributed by atoms with Crippen LogP contribution in [0, 0.1) is 0 Å². The van der Waals surface area contributed by atoms with Gasteiger partial charge in [0.1, 0.15) is 5.52 Å². The minimum absolute atomic E-state index is 0.127. The van der Waals surface area contributed by atoms with E-state index in [-0.39, 0.29) is 16.9 Å². The highest BCUT2D eigenvalue weighted by Gasteiger charge is 2.22. The molecule has 4 aromatic rings. The normalized spacial score (nSPS) is 11.2. The molecular formula is C21H20ClN3O5S. The van der Waals surface area contributed by atoms with Crippen LogP contribution in [0.1, 0.15) is 13.3 Å². The summed E-state index contributed by atoms with van der Waals surface area (Å²) in [7, 11) is -2.31. The number of carboxylic acids is 1. The van der Waals surface area contributed by atoms with E-state index in [1.165, 1.54) is 17.4 Å². The Morgan fingerprint density at radius 2 is 1.84 bits per heavy atom. The van der Waals surface area contributed by atoms with Crippen LogP contribution in [0.4, 0.5) is 5.69 Å². The summed E-state index contributed by atoms with van der Waals surface area (Å²) in [6.45, 7) is 1.60. The van der Waals surface area contributed by atoms with Crippen LogP contribution in [0.25, 0.3) is 21.8 Å². The second kappa shape index (κ2) is 8.83. The molecule has 2 heterocycles. The van der Waals surface area contributed by atoms with Crippen molar-refractivity contribution in [2.75, 3.05) is 11.4 Å². The predicted octanol–water partition coefficient (Wildman–Crippen LogP) is 3.97. The van der Waals surface area contributed by atoms with Gasteiger partial charge >= 0.3 is 5.97 Å². The van der Waals surface area contributed by atoms with E-state index < -0.39 is 16.0 Å². The van der Waals surface area contributed by atoms with E-state index in [0.29, 0.717) is 32.5 Å². The van der Waals surface area contributed by atoms with Crippen LogP contribution in [-0.2, 0) is 14.8 Å².